The Labute approximate surface area is 221 Å². The molecule has 4 rings (SSSR count). The van der Waals surface area contributed by atoms with Crippen LogP contribution in [-0.4, -0.2) is 55.5 Å². The summed E-state index contributed by atoms with van der Waals surface area (Å²) in [5, 5.41) is 2.89. The summed E-state index contributed by atoms with van der Waals surface area (Å²) in [6.07, 6.45) is 0.731. The minimum Gasteiger partial charge on any atom is -0.497 e. The molecule has 198 valence electrons. The number of nitrogens with one attached hydrogen (secondary N) is 1. The summed E-state index contributed by atoms with van der Waals surface area (Å²) >= 11 is 0. The summed E-state index contributed by atoms with van der Waals surface area (Å²) in [5.41, 5.74) is 5.48. The van der Waals surface area contributed by atoms with Crippen molar-refractivity contribution in [3.63, 3.8) is 0 Å². The SMILES string of the molecule is COc1ccc(NC(=O)[C@@H](c2ccc(OC)cc2)C2(C(N)=O)CCCN2C(=O)COc2ccccc2)cc1. The molecule has 0 radical (unpaired) electrons. The number of hydrogen-bond acceptors (Lipinski definition) is 6. The molecular formula is C29H31N3O6. The molecule has 1 unspecified atom stereocenters. The van der Waals surface area contributed by atoms with Crippen molar-refractivity contribution in [1.29, 1.82) is 0 Å². The van der Waals surface area contributed by atoms with Crippen molar-refractivity contribution in [3.8, 4) is 17.2 Å². The van der Waals surface area contributed by atoms with Crippen molar-refractivity contribution in [1.82, 2.24) is 4.90 Å². The first-order chi connectivity index (χ1) is 18.4. The molecule has 9 heteroatoms. The lowest BCUT2D eigenvalue weighted by atomic mass is 9.75. The van der Waals surface area contributed by atoms with E-state index in [9.17, 15) is 14.4 Å². The van der Waals surface area contributed by atoms with Gasteiger partial charge in [-0.15, -0.1) is 0 Å². The molecule has 3 amide bonds. The Bertz CT molecular complexity index is 1260. The number of methoxy groups -OCH3 is 2. The molecule has 9 nitrogen and oxygen atoms in total. The van der Waals surface area contributed by atoms with E-state index >= 15 is 0 Å². The molecule has 38 heavy (non-hydrogen) atoms. The first kappa shape index (κ1) is 26.5. The van der Waals surface area contributed by atoms with Gasteiger partial charge in [0.2, 0.25) is 11.8 Å². The first-order valence-corrected chi connectivity index (χ1v) is 12.3. The van der Waals surface area contributed by atoms with Gasteiger partial charge in [0.15, 0.2) is 6.61 Å². The molecule has 0 bridgehead atoms. The summed E-state index contributed by atoms with van der Waals surface area (Å²) in [6.45, 7) is -0.0309. The average molecular weight is 518 g/mol. The first-order valence-electron chi connectivity index (χ1n) is 12.3. The fourth-order valence-corrected chi connectivity index (χ4v) is 4.96. The van der Waals surface area contributed by atoms with Crippen LogP contribution in [0.2, 0.25) is 0 Å². The highest BCUT2D eigenvalue weighted by Gasteiger charge is 2.57. The van der Waals surface area contributed by atoms with Crippen LogP contribution in [0.25, 0.3) is 0 Å². The summed E-state index contributed by atoms with van der Waals surface area (Å²) < 4.78 is 16.1. The molecule has 3 aromatic carbocycles. The van der Waals surface area contributed by atoms with Gasteiger partial charge in [-0.05, 0) is 66.9 Å². The number of carbonyl (C=O) groups is 3. The normalized spacial score (nSPS) is 17.4. The van der Waals surface area contributed by atoms with Crippen LogP contribution in [0, 0.1) is 0 Å². The molecule has 1 saturated heterocycles. The topological polar surface area (TPSA) is 120 Å². The number of anilines is 1. The third-order valence-electron chi connectivity index (χ3n) is 6.80. The Morgan fingerprint density at radius 3 is 2.08 bits per heavy atom. The maximum absolute atomic E-state index is 13.9. The second-order valence-electron chi connectivity index (χ2n) is 8.96. The lowest BCUT2D eigenvalue weighted by Gasteiger charge is -2.41. The molecule has 1 aliphatic rings. The number of rotatable bonds is 10. The van der Waals surface area contributed by atoms with Gasteiger partial charge >= 0.3 is 0 Å². The van der Waals surface area contributed by atoms with E-state index in [0.29, 0.717) is 34.9 Å². The van der Waals surface area contributed by atoms with E-state index in [1.54, 1.807) is 79.9 Å². The van der Waals surface area contributed by atoms with Crippen LogP contribution in [0.15, 0.2) is 78.9 Å². The van der Waals surface area contributed by atoms with Gasteiger partial charge in [-0.2, -0.15) is 0 Å². The summed E-state index contributed by atoms with van der Waals surface area (Å²) in [7, 11) is 3.09. The quantitative estimate of drug-likeness (QED) is 0.426. The van der Waals surface area contributed by atoms with E-state index in [1.165, 1.54) is 12.0 Å². The number of hydrogen-bond donors (Lipinski definition) is 2. The molecule has 0 aliphatic carbocycles. The smallest absolute Gasteiger partial charge is 0.261 e. The minimum absolute atomic E-state index is 0.228. The zero-order chi connectivity index (χ0) is 27.1. The highest BCUT2D eigenvalue weighted by atomic mass is 16.5. The Kier molecular flexibility index (Phi) is 8.15. The molecule has 2 atom stereocenters. The molecule has 0 spiro atoms. The van der Waals surface area contributed by atoms with Crippen molar-refractivity contribution >= 4 is 23.4 Å². The second kappa shape index (κ2) is 11.7. The van der Waals surface area contributed by atoms with Gasteiger partial charge in [0.05, 0.1) is 20.1 Å². The predicted octanol–water partition coefficient (Wildman–Crippen LogP) is 3.35. The zero-order valence-corrected chi connectivity index (χ0v) is 21.4. The maximum atomic E-state index is 13.9. The number of amides is 3. The fraction of sp³-hybridized carbons (Fsp3) is 0.276. The molecule has 0 saturated carbocycles. The Hall–Kier alpha value is -4.53. The monoisotopic (exact) mass is 517 g/mol. The number of primary amides is 1. The van der Waals surface area contributed by atoms with Crippen LogP contribution in [0.1, 0.15) is 24.3 Å². The van der Waals surface area contributed by atoms with Gasteiger partial charge in [-0.1, -0.05) is 30.3 Å². The number of nitrogens with zero attached hydrogens (tertiary/aromatic N) is 1. The highest BCUT2D eigenvalue weighted by molar-refractivity contribution is 6.04. The molecule has 3 N–H and O–H groups in total. The number of carbonyl (C=O) groups excluding carboxylic acids is 3. The van der Waals surface area contributed by atoms with E-state index in [1.807, 2.05) is 6.07 Å². The van der Waals surface area contributed by atoms with E-state index in [-0.39, 0.29) is 19.6 Å². The third kappa shape index (κ3) is 5.41. The van der Waals surface area contributed by atoms with Gasteiger partial charge in [0.25, 0.3) is 5.91 Å². The van der Waals surface area contributed by atoms with E-state index < -0.39 is 29.2 Å². The number of benzene rings is 3. The number of likely N-dealkylation sites (tertiary alicyclic amines) is 1. The average Bonchev–Trinajstić information content (AvgIpc) is 3.39. The number of ether oxygens (including phenoxy) is 3. The van der Waals surface area contributed by atoms with Crippen molar-refractivity contribution in [3.05, 3.63) is 84.4 Å². The van der Waals surface area contributed by atoms with E-state index in [0.717, 1.165) is 0 Å². The van der Waals surface area contributed by atoms with Crippen LogP contribution >= 0.6 is 0 Å². The largest absolute Gasteiger partial charge is 0.497 e. The van der Waals surface area contributed by atoms with Crippen LogP contribution in [-0.2, 0) is 14.4 Å². The van der Waals surface area contributed by atoms with Gasteiger partial charge in [0, 0.05) is 12.2 Å². The Balaban J connectivity index is 1.70. The van der Waals surface area contributed by atoms with Crippen LogP contribution in [0.4, 0.5) is 5.69 Å². The fourth-order valence-electron chi connectivity index (χ4n) is 4.96. The molecule has 1 heterocycles. The predicted molar refractivity (Wildman–Crippen MR) is 142 cm³/mol. The van der Waals surface area contributed by atoms with Crippen LogP contribution in [0.5, 0.6) is 17.2 Å². The molecule has 1 fully saturated rings. The van der Waals surface area contributed by atoms with Crippen molar-refractivity contribution in [2.75, 3.05) is 32.7 Å². The summed E-state index contributed by atoms with van der Waals surface area (Å²) in [6, 6.07) is 22.6. The summed E-state index contributed by atoms with van der Waals surface area (Å²) in [4.78, 5) is 42.0. The minimum atomic E-state index is -1.59. The Morgan fingerprint density at radius 2 is 1.50 bits per heavy atom. The number of para-hydroxylation sites is 1. The van der Waals surface area contributed by atoms with Gasteiger partial charge < -0.3 is 30.2 Å². The maximum Gasteiger partial charge on any atom is 0.261 e. The van der Waals surface area contributed by atoms with Gasteiger partial charge in [-0.3, -0.25) is 14.4 Å². The number of nitrogens with two attached hydrogens (primary N) is 1. The zero-order valence-electron chi connectivity index (χ0n) is 21.4. The van der Waals surface area contributed by atoms with E-state index in [2.05, 4.69) is 5.32 Å². The molecular weight excluding hydrogens is 486 g/mol. The van der Waals surface area contributed by atoms with Crippen LogP contribution in [0.3, 0.4) is 0 Å². The van der Waals surface area contributed by atoms with Crippen molar-refractivity contribution in [2.45, 2.75) is 24.3 Å². The Morgan fingerprint density at radius 1 is 0.895 bits per heavy atom. The standard InChI is InChI=1S/C29H31N3O6/c1-36-22-13-9-20(10-14-22)26(27(34)31-21-11-15-23(37-2)16-12-21)29(28(30)35)17-6-18-32(29)25(33)19-38-24-7-4-3-5-8-24/h3-5,7-16,26H,6,17-19H2,1-2H3,(H2,30,35)(H,31,34)/t26-,29?/m1/s1. The lowest BCUT2D eigenvalue weighted by molar-refractivity contribution is -0.148. The highest BCUT2D eigenvalue weighted by Crippen LogP contribution is 2.43. The molecule has 1 aliphatic heterocycles. The molecule has 3 aromatic rings. The second-order valence-corrected chi connectivity index (χ2v) is 8.96. The summed E-state index contributed by atoms with van der Waals surface area (Å²) in [5.74, 6) is -0.997. The molecule has 0 aromatic heterocycles. The van der Waals surface area contributed by atoms with Crippen molar-refractivity contribution in [2.24, 2.45) is 5.73 Å². The van der Waals surface area contributed by atoms with E-state index in [4.69, 9.17) is 19.9 Å². The van der Waals surface area contributed by atoms with Crippen molar-refractivity contribution < 1.29 is 28.6 Å². The van der Waals surface area contributed by atoms with Gasteiger partial charge in [-0.25, -0.2) is 0 Å². The van der Waals surface area contributed by atoms with Crippen LogP contribution < -0.4 is 25.3 Å². The van der Waals surface area contributed by atoms with Gasteiger partial charge in [0.1, 0.15) is 22.8 Å². The third-order valence-corrected chi connectivity index (χ3v) is 6.80. The lowest BCUT2D eigenvalue weighted by Crippen LogP contribution is -2.62.